The number of piperazine rings is 1. The van der Waals surface area contributed by atoms with Gasteiger partial charge in [-0.1, -0.05) is 34.8 Å². The van der Waals surface area contributed by atoms with Gasteiger partial charge in [-0.3, -0.25) is 14.4 Å². The molecule has 0 radical (unpaired) electrons. The second kappa shape index (κ2) is 8.30. The van der Waals surface area contributed by atoms with E-state index in [1.54, 1.807) is 21.9 Å². The minimum atomic E-state index is -0.486. The van der Waals surface area contributed by atoms with Gasteiger partial charge in [0.05, 0.1) is 10.0 Å². The summed E-state index contributed by atoms with van der Waals surface area (Å²) < 4.78 is 0.751. The van der Waals surface area contributed by atoms with E-state index in [1.807, 2.05) is 0 Å². The standard InChI is InChI=1S/C19H18Cl3N3O3S/c20-11-9-12(21)14-13(10-11)29-16(15(14)22)17(26)24-5-7-25(8-6-24)19(28)18(27)23-3-1-2-4-23/h9-10H,1-8H2. The van der Waals surface area contributed by atoms with Gasteiger partial charge in [0.1, 0.15) is 4.88 Å². The third-order valence-electron chi connectivity index (χ3n) is 5.27. The lowest BCUT2D eigenvalue weighted by molar-refractivity contribution is -0.152. The molecule has 0 bridgehead atoms. The van der Waals surface area contributed by atoms with Gasteiger partial charge in [-0.25, -0.2) is 0 Å². The summed E-state index contributed by atoms with van der Waals surface area (Å²) in [5, 5.41) is 1.83. The smallest absolute Gasteiger partial charge is 0.312 e. The molecule has 2 aliphatic rings. The number of likely N-dealkylation sites (tertiary alicyclic amines) is 1. The zero-order valence-corrected chi connectivity index (χ0v) is 18.5. The molecule has 2 aromatic rings. The van der Waals surface area contributed by atoms with Crippen LogP contribution in [0.25, 0.3) is 10.1 Å². The molecule has 0 aliphatic carbocycles. The lowest BCUT2D eigenvalue weighted by Gasteiger charge is -2.34. The Bertz CT molecular complexity index is 995. The summed E-state index contributed by atoms with van der Waals surface area (Å²) in [7, 11) is 0. The first-order valence-corrected chi connectivity index (χ1v) is 11.3. The summed E-state index contributed by atoms with van der Waals surface area (Å²) in [6.45, 7) is 2.60. The normalized spacial score (nSPS) is 17.3. The van der Waals surface area contributed by atoms with Crippen molar-refractivity contribution in [2.45, 2.75) is 12.8 Å². The fourth-order valence-electron chi connectivity index (χ4n) is 3.70. The molecule has 0 atom stereocenters. The number of carbonyl (C=O) groups excluding carboxylic acids is 3. The van der Waals surface area contributed by atoms with E-state index in [2.05, 4.69) is 0 Å². The third kappa shape index (κ3) is 3.93. The number of halogens is 3. The molecule has 0 unspecified atom stereocenters. The van der Waals surface area contributed by atoms with Crippen LogP contribution in [0.1, 0.15) is 22.5 Å². The largest absolute Gasteiger partial charge is 0.334 e. The predicted molar refractivity (Wildman–Crippen MR) is 115 cm³/mol. The number of thiophene rings is 1. The van der Waals surface area contributed by atoms with Crippen molar-refractivity contribution < 1.29 is 14.4 Å². The maximum atomic E-state index is 13.0. The molecule has 3 heterocycles. The topological polar surface area (TPSA) is 60.9 Å². The van der Waals surface area contributed by atoms with Gasteiger partial charge in [-0.2, -0.15) is 0 Å². The van der Waals surface area contributed by atoms with Crippen LogP contribution in [0.3, 0.4) is 0 Å². The highest BCUT2D eigenvalue weighted by Gasteiger charge is 2.33. The predicted octanol–water partition coefficient (Wildman–Crippen LogP) is 3.77. The van der Waals surface area contributed by atoms with Crippen LogP contribution >= 0.6 is 46.1 Å². The van der Waals surface area contributed by atoms with Crippen LogP contribution in [0, 0.1) is 0 Å². The zero-order chi connectivity index (χ0) is 20.7. The highest BCUT2D eigenvalue weighted by Crippen LogP contribution is 2.41. The Morgan fingerprint density at radius 2 is 1.34 bits per heavy atom. The quantitative estimate of drug-likeness (QED) is 0.591. The van der Waals surface area contributed by atoms with E-state index >= 15 is 0 Å². The van der Waals surface area contributed by atoms with E-state index in [-0.39, 0.29) is 5.91 Å². The average Bonchev–Trinajstić information content (AvgIpc) is 3.35. The first-order valence-electron chi connectivity index (χ1n) is 9.31. The summed E-state index contributed by atoms with van der Waals surface area (Å²) in [6, 6.07) is 3.33. The minimum absolute atomic E-state index is 0.207. The lowest BCUT2D eigenvalue weighted by atomic mass is 10.2. The third-order valence-corrected chi connectivity index (χ3v) is 7.41. The molecule has 2 aliphatic heterocycles. The van der Waals surface area contributed by atoms with Crippen LogP contribution in [0.4, 0.5) is 0 Å². The molecule has 2 fully saturated rings. The van der Waals surface area contributed by atoms with Crippen molar-refractivity contribution in [3.05, 3.63) is 32.1 Å². The highest BCUT2D eigenvalue weighted by molar-refractivity contribution is 7.21. The van der Waals surface area contributed by atoms with Crippen molar-refractivity contribution in [2.24, 2.45) is 0 Å². The molecule has 10 heteroatoms. The number of carbonyl (C=O) groups is 3. The second-order valence-corrected chi connectivity index (χ2v) is 9.36. The fourth-order valence-corrected chi connectivity index (χ4v) is 6.04. The van der Waals surface area contributed by atoms with Gasteiger partial charge in [0.25, 0.3) is 5.91 Å². The number of nitrogens with zero attached hydrogens (tertiary/aromatic N) is 3. The number of hydrogen-bond donors (Lipinski definition) is 0. The van der Waals surface area contributed by atoms with Gasteiger partial charge in [0.15, 0.2) is 0 Å². The summed E-state index contributed by atoms with van der Waals surface area (Å²) in [6.07, 6.45) is 1.87. The Labute approximate surface area is 186 Å². The van der Waals surface area contributed by atoms with E-state index in [0.29, 0.717) is 64.6 Å². The molecule has 1 aromatic carbocycles. The van der Waals surface area contributed by atoms with E-state index in [0.717, 1.165) is 17.5 Å². The molecule has 3 amide bonds. The molecule has 6 nitrogen and oxygen atoms in total. The lowest BCUT2D eigenvalue weighted by Crippen LogP contribution is -2.54. The Morgan fingerprint density at radius 3 is 1.97 bits per heavy atom. The monoisotopic (exact) mass is 473 g/mol. The fraction of sp³-hybridized carbons (Fsp3) is 0.421. The Hall–Kier alpha value is -1.54. The van der Waals surface area contributed by atoms with Gasteiger partial charge >= 0.3 is 11.8 Å². The Morgan fingerprint density at radius 1 is 0.793 bits per heavy atom. The van der Waals surface area contributed by atoms with Gasteiger partial charge in [-0.05, 0) is 25.0 Å². The van der Waals surface area contributed by atoms with E-state index in [1.165, 1.54) is 16.2 Å². The number of benzene rings is 1. The molecular weight excluding hydrogens is 457 g/mol. The van der Waals surface area contributed by atoms with Crippen molar-refractivity contribution in [3.8, 4) is 0 Å². The highest BCUT2D eigenvalue weighted by atomic mass is 35.5. The van der Waals surface area contributed by atoms with Crippen molar-refractivity contribution >= 4 is 73.9 Å². The van der Waals surface area contributed by atoms with Crippen molar-refractivity contribution in [1.29, 1.82) is 0 Å². The molecule has 0 saturated carbocycles. The second-order valence-electron chi connectivity index (χ2n) is 7.09. The van der Waals surface area contributed by atoms with Crippen LogP contribution in [-0.2, 0) is 9.59 Å². The molecule has 154 valence electrons. The first-order chi connectivity index (χ1) is 13.9. The molecule has 0 spiro atoms. The Kier molecular flexibility index (Phi) is 5.93. The van der Waals surface area contributed by atoms with E-state index in [4.69, 9.17) is 34.8 Å². The number of fused-ring (bicyclic) bond motifs is 1. The molecule has 0 N–H and O–H groups in total. The van der Waals surface area contributed by atoms with Crippen LogP contribution in [0.5, 0.6) is 0 Å². The molecular formula is C19H18Cl3N3O3S. The first kappa shape index (κ1) is 20.7. The van der Waals surface area contributed by atoms with Gasteiger partial charge in [-0.15, -0.1) is 11.3 Å². The van der Waals surface area contributed by atoms with Crippen LogP contribution in [0.2, 0.25) is 15.1 Å². The summed E-state index contributed by atoms with van der Waals surface area (Å²) >= 11 is 20.0. The zero-order valence-electron chi connectivity index (χ0n) is 15.4. The van der Waals surface area contributed by atoms with Gasteiger partial charge in [0, 0.05) is 54.4 Å². The van der Waals surface area contributed by atoms with Crippen LogP contribution in [0.15, 0.2) is 12.1 Å². The summed E-state index contributed by atoms with van der Waals surface area (Å²) in [4.78, 5) is 42.9. The maximum absolute atomic E-state index is 13.0. The molecule has 2 saturated heterocycles. The SMILES string of the molecule is O=C(C(=O)N1CCN(C(=O)c2sc3cc(Cl)cc(Cl)c3c2Cl)CC1)N1CCCC1. The van der Waals surface area contributed by atoms with E-state index in [9.17, 15) is 14.4 Å². The molecule has 29 heavy (non-hydrogen) atoms. The Balaban J connectivity index is 1.45. The van der Waals surface area contributed by atoms with Crippen LogP contribution in [-0.4, -0.2) is 71.7 Å². The molecule has 1 aromatic heterocycles. The van der Waals surface area contributed by atoms with Gasteiger partial charge in [0.2, 0.25) is 0 Å². The van der Waals surface area contributed by atoms with Gasteiger partial charge < -0.3 is 14.7 Å². The minimum Gasteiger partial charge on any atom is -0.334 e. The van der Waals surface area contributed by atoms with Crippen LogP contribution < -0.4 is 0 Å². The van der Waals surface area contributed by atoms with Crippen molar-refractivity contribution in [2.75, 3.05) is 39.3 Å². The number of amides is 3. The van der Waals surface area contributed by atoms with Crippen molar-refractivity contribution in [3.63, 3.8) is 0 Å². The number of rotatable bonds is 1. The molecule has 4 rings (SSSR count). The average molecular weight is 475 g/mol. The maximum Gasteiger partial charge on any atom is 0.312 e. The summed E-state index contributed by atoms with van der Waals surface area (Å²) in [5.41, 5.74) is 0. The van der Waals surface area contributed by atoms with Crippen molar-refractivity contribution in [1.82, 2.24) is 14.7 Å². The number of hydrogen-bond acceptors (Lipinski definition) is 4. The van der Waals surface area contributed by atoms with E-state index < -0.39 is 11.8 Å². The summed E-state index contributed by atoms with van der Waals surface area (Å²) in [5.74, 6) is -1.14.